The van der Waals surface area contributed by atoms with Crippen molar-refractivity contribution in [3.63, 3.8) is 0 Å². The fraction of sp³-hybridized carbons (Fsp3) is 0. The molecule has 5 nitrogen and oxygen atoms in total. The largest absolute Gasteiger partial charge is 0.359 e. The number of para-hydroxylation sites is 1. The van der Waals surface area contributed by atoms with Crippen molar-refractivity contribution in [2.24, 2.45) is 0 Å². The molecule has 21 heavy (non-hydrogen) atoms. The van der Waals surface area contributed by atoms with E-state index in [0.717, 1.165) is 5.39 Å². The number of nitrogens with one attached hydrogen (secondary N) is 2. The van der Waals surface area contributed by atoms with Crippen LogP contribution in [0.5, 0.6) is 0 Å². The molecule has 1 heterocycles. The van der Waals surface area contributed by atoms with Gasteiger partial charge >= 0.3 is 0 Å². The van der Waals surface area contributed by atoms with Crippen molar-refractivity contribution in [1.29, 1.82) is 5.26 Å². The van der Waals surface area contributed by atoms with Crippen LogP contribution in [0.15, 0.2) is 59.6 Å². The normalized spacial score (nSPS) is 11.2. The molecule has 3 aromatic rings. The van der Waals surface area contributed by atoms with Gasteiger partial charge in [0.1, 0.15) is 11.0 Å². The van der Waals surface area contributed by atoms with Crippen LogP contribution in [-0.2, 0) is 10.0 Å². The standard InChI is InChI=1S/C15H11N3O2S/c16-10-12-4-1-2-7-14(12)21(19,20)18-13-6-3-5-11-8-9-17-15(11)13/h1-9,17-18H. The van der Waals surface area contributed by atoms with Crippen LogP contribution in [0.4, 0.5) is 5.69 Å². The van der Waals surface area contributed by atoms with Crippen molar-refractivity contribution < 1.29 is 8.42 Å². The molecule has 0 aliphatic carbocycles. The fourth-order valence-corrected chi connectivity index (χ4v) is 3.39. The van der Waals surface area contributed by atoms with Crippen LogP contribution < -0.4 is 4.72 Å². The van der Waals surface area contributed by atoms with E-state index in [1.165, 1.54) is 12.1 Å². The van der Waals surface area contributed by atoms with Crippen LogP contribution in [0.1, 0.15) is 5.56 Å². The summed E-state index contributed by atoms with van der Waals surface area (Å²) < 4.78 is 27.5. The molecule has 0 saturated carbocycles. The number of H-pyrrole nitrogens is 1. The van der Waals surface area contributed by atoms with Gasteiger partial charge in [-0.1, -0.05) is 24.3 Å². The molecule has 6 heteroatoms. The third kappa shape index (κ3) is 2.35. The lowest BCUT2D eigenvalue weighted by molar-refractivity contribution is 0.601. The molecule has 0 aliphatic rings. The van der Waals surface area contributed by atoms with Crippen LogP contribution in [0.25, 0.3) is 10.9 Å². The Hall–Kier alpha value is -2.78. The van der Waals surface area contributed by atoms with E-state index in [0.29, 0.717) is 11.2 Å². The Bertz CT molecular complexity index is 952. The first-order valence-corrected chi connectivity index (χ1v) is 7.68. The van der Waals surface area contributed by atoms with Gasteiger partial charge in [0, 0.05) is 11.6 Å². The summed E-state index contributed by atoms with van der Waals surface area (Å²) in [7, 11) is -3.82. The van der Waals surface area contributed by atoms with E-state index in [-0.39, 0.29) is 10.5 Å². The van der Waals surface area contributed by atoms with Gasteiger partial charge < -0.3 is 4.98 Å². The molecule has 0 bridgehead atoms. The zero-order valence-electron chi connectivity index (χ0n) is 10.9. The maximum atomic E-state index is 12.5. The highest BCUT2D eigenvalue weighted by atomic mass is 32.2. The third-order valence-electron chi connectivity index (χ3n) is 3.13. The Kier molecular flexibility index (Phi) is 3.12. The predicted molar refractivity (Wildman–Crippen MR) is 80.3 cm³/mol. The number of hydrogen-bond acceptors (Lipinski definition) is 3. The van der Waals surface area contributed by atoms with Crippen LogP contribution in [0, 0.1) is 11.3 Å². The van der Waals surface area contributed by atoms with Gasteiger partial charge in [0.25, 0.3) is 10.0 Å². The Balaban J connectivity index is 2.08. The molecule has 2 aromatic carbocycles. The summed E-state index contributed by atoms with van der Waals surface area (Å²) in [5.74, 6) is 0. The molecule has 2 N–H and O–H groups in total. The van der Waals surface area contributed by atoms with Gasteiger partial charge in [0.15, 0.2) is 0 Å². The minimum absolute atomic E-state index is 0.0314. The van der Waals surface area contributed by atoms with Gasteiger partial charge in [-0.3, -0.25) is 4.72 Å². The SMILES string of the molecule is N#Cc1ccccc1S(=O)(=O)Nc1cccc2cc[nH]c12. The fourth-order valence-electron chi connectivity index (χ4n) is 2.16. The van der Waals surface area contributed by atoms with Crippen molar-refractivity contribution >= 4 is 26.6 Å². The lowest BCUT2D eigenvalue weighted by Gasteiger charge is -2.10. The van der Waals surface area contributed by atoms with E-state index in [9.17, 15) is 8.42 Å². The van der Waals surface area contributed by atoms with Crippen LogP contribution in [0.2, 0.25) is 0 Å². The molecular formula is C15H11N3O2S. The molecular weight excluding hydrogens is 286 g/mol. The molecule has 0 amide bonds. The van der Waals surface area contributed by atoms with Gasteiger partial charge in [-0.05, 0) is 24.3 Å². The van der Waals surface area contributed by atoms with Gasteiger partial charge in [0.2, 0.25) is 0 Å². The first kappa shape index (κ1) is 13.2. The second kappa shape index (κ2) is 4.96. The summed E-state index contributed by atoms with van der Waals surface area (Å²) in [5.41, 5.74) is 1.27. The van der Waals surface area contributed by atoms with Crippen LogP contribution >= 0.6 is 0 Å². The molecule has 0 atom stereocenters. The predicted octanol–water partition coefficient (Wildman–Crippen LogP) is 2.84. The molecule has 0 aliphatic heterocycles. The zero-order chi connectivity index (χ0) is 14.9. The van der Waals surface area contributed by atoms with Crippen molar-refractivity contribution in [2.75, 3.05) is 4.72 Å². The summed E-state index contributed by atoms with van der Waals surface area (Å²) >= 11 is 0. The summed E-state index contributed by atoms with van der Waals surface area (Å²) in [6.07, 6.45) is 1.74. The van der Waals surface area contributed by atoms with Crippen LogP contribution in [-0.4, -0.2) is 13.4 Å². The van der Waals surface area contributed by atoms with E-state index < -0.39 is 10.0 Å². The summed E-state index contributed by atoms with van der Waals surface area (Å²) in [6.45, 7) is 0. The monoisotopic (exact) mass is 297 g/mol. The molecule has 0 spiro atoms. The summed E-state index contributed by atoms with van der Waals surface area (Å²) in [4.78, 5) is 2.97. The van der Waals surface area contributed by atoms with Crippen molar-refractivity contribution in [3.05, 3.63) is 60.3 Å². The van der Waals surface area contributed by atoms with Crippen LogP contribution in [0.3, 0.4) is 0 Å². The third-order valence-corrected chi connectivity index (χ3v) is 4.55. The van der Waals surface area contributed by atoms with E-state index in [1.54, 1.807) is 30.5 Å². The Labute approximate surface area is 121 Å². The lowest BCUT2D eigenvalue weighted by Crippen LogP contribution is -2.14. The highest BCUT2D eigenvalue weighted by Gasteiger charge is 2.19. The smallest absolute Gasteiger partial charge is 0.263 e. The topological polar surface area (TPSA) is 85.8 Å². The van der Waals surface area contributed by atoms with E-state index >= 15 is 0 Å². The number of fused-ring (bicyclic) bond motifs is 1. The highest BCUT2D eigenvalue weighted by Crippen LogP contribution is 2.25. The van der Waals surface area contributed by atoms with Gasteiger partial charge in [0.05, 0.1) is 16.8 Å². The van der Waals surface area contributed by atoms with Gasteiger partial charge in [-0.15, -0.1) is 0 Å². The average molecular weight is 297 g/mol. The summed E-state index contributed by atoms with van der Waals surface area (Å²) in [6, 6.07) is 15.2. The van der Waals surface area contributed by atoms with Gasteiger partial charge in [-0.2, -0.15) is 5.26 Å². The number of hydrogen-bond donors (Lipinski definition) is 2. The lowest BCUT2D eigenvalue weighted by atomic mass is 10.2. The van der Waals surface area contributed by atoms with E-state index in [4.69, 9.17) is 5.26 Å². The minimum atomic E-state index is -3.82. The quantitative estimate of drug-likeness (QED) is 0.779. The number of sulfonamides is 1. The van der Waals surface area contributed by atoms with E-state index in [2.05, 4.69) is 9.71 Å². The number of aromatic nitrogens is 1. The number of rotatable bonds is 3. The number of benzene rings is 2. The van der Waals surface area contributed by atoms with Crippen molar-refractivity contribution in [3.8, 4) is 6.07 Å². The molecule has 0 unspecified atom stereocenters. The number of aromatic amines is 1. The molecule has 1 aromatic heterocycles. The Morgan fingerprint density at radius 1 is 1.05 bits per heavy atom. The number of anilines is 1. The summed E-state index contributed by atoms with van der Waals surface area (Å²) in [5, 5.41) is 9.94. The van der Waals surface area contributed by atoms with Crippen molar-refractivity contribution in [2.45, 2.75) is 4.90 Å². The van der Waals surface area contributed by atoms with Crippen molar-refractivity contribution in [1.82, 2.24) is 4.98 Å². The maximum Gasteiger partial charge on any atom is 0.263 e. The first-order valence-electron chi connectivity index (χ1n) is 6.20. The maximum absolute atomic E-state index is 12.5. The van der Waals surface area contributed by atoms with E-state index in [1.807, 2.05) is 18.2 Å². The zero-order valence-corrected chi connectivity index (χ0v) is 11.7. The second-order valence-electron chi connectivity index (χ2n) is 4.46. The Morgan fingerprint density at radius 3 is 2.67 bits per heavy atom. The molecule has 0 saturated heterocycles. The number of nitrogens with zero attached hydrogens (tertiary/aromatic N) is 1. The average Bonchev–Trinajstić information content (AvgIpc) is 2.96. The molecule has 0 radical (unpaired) electrons. The second-order valence-corrected chi connectivity index (χ2v) is 6.11. The first-order chi connectivity index (χ1) is 10.1. The number of nitriles is 1. The molecule has 0 fully saturated rings. The minimum Gasteiger partial charge on any atom is -0.359 e. The Morgan fingerprint density at radius 2 is 1.86 bits per heavy atom. The van der Waals surface area contributed by atoms with Gasteiger partial charge in [-0.25, -0.2) is 8.42 Å². The molecule has 104 valence electrons. The molecule has 3 rings (SSSR count). The highest BCUT2D eigenvalue weighted by molar-refractivity contribution is 7.92.